The van der Waals surface area contributed by atoms with Crippen molar-refractivity contribution in [2.45, 2.75) is 13.8 Å². The first-order valence-electron chi connectivity index (χ1n) is 5.21. The molecular formula is C11H16N4O2. The predicted octanol–water partition coefficient (Wildman–Crippen LogP) is 0.775. The summed E-state index contributed by atoms with van der Waals surface area (Å²) >= 11 is 0. The maximum absolute atomic E-state index is 11.7. The summed E-state index contributed by atoms with van der Waals surface area (Å²) in [6, 6.07) is 3.23. The minimum Gasteiger partial charge on any atom is -0.409 e. The van der Waals surface area contributed by atoms with Gasteiger partial charge in [-0.05, 0) is 26.0 Å². The first kappa shape index (κ1) is 13.0. The third-order valence-electron chi connectivity index (χ3n) is 2.41. The highest BCUT2D eigenvalue weighted by molar-refractivity contribution is 6.44. The number of aromatic nitrogens is 1. The standard InChI is InChI=1S/C11H16N4O2/c1-4-15(3)9-6-8(5-7(2)13-9)10(16)11(12)14-17/h5-6,17H,4H2,1-3H3,(H2,12,14). The first-order valence-corrected chi connectivity index (χ1v) is 5.21. The molecule has 17 heavy (non-hydrogen) atoms. The number of hydrogen-bond acceptors (Lipinski definition) is 5. The summed E-state index contributed by atoms with van der Waals surface area (Å²) in [5.74, 6) is -0.258. The Bertz CT molecular complexity index is 457. The summed E-state index contributed by atoms with van der Waals surface area (Å²) in [5, 5.41) is 11.2. The molecule has 0 fully saturated rings. The summed E-state index contributed by atoms with van der Waals surface area (Å²) in [6.45, 7) is 4.54. The second-order valence-corrected chi connectivity index (χ2v) is 3.68. The molecule has 0 aliphatic carbocycles. The molecule has 1 heterocycles. The van der Waals surface area contributed by atoms with Gasteiger partial charge in [-0.2, -0.15) is 0 Å². The van der Waals surface area contributed by atoms with Crippen molar-refractivity contribution in [1.29, 1.82) is 0 Å². The number of carbonyl (C=O) groups excluding carboxylic acids is 1. The van der Waals surface area contributed by atoms with Crippen molar-refractivity contribution in [3.8, 4) is 0 Å². The normalized spacial score (nSPS) is 11.4. The average Bonchev–Trinajstić information content (AvgIpc) is 2.35. The van der Waals surface area contributed by atoms with Gasteiger partial charge in [0.1, 0.15) is 5.82 Å². The summed E-state index contributed by atoms with van der Waals surface area (Å²) in [4.78, 5) is 17.9. The molecule has 0 aliphatic heterocycles. The van der Waals surface area contributed by atoms with Crippen LogP contribution in [-0.4, -0.2) is 35.4 Å². The van der Waals surface area contributed by atoms with Crippen LogP contribution in [0.1, 0.15) is 23.0 Å². The van der Waals surface area contributed by atoms with E-state index < -0.39 is 11.6 Å². The zero-order chi connectivity index (χ0) is 13.0. The minimum absolute atomic E-state index is 0.364. The van der Waals surface area contributed by atoms with E-state index in [9.17, 15) is 4.79 Å². The number of nitrogens with zero attached hydrogens (tertiary/aromatic N) is 3. The molecule has 92 valence electrons. The van der Waals surface area contributed by atoms with Gasteiger partial charge in [0.2, 0.25) is 11.6 Å². The fraction of sp³-hybridized carbons (Fsp3) is 0.364. The lowest BCUT2D eigenvalue weighted by Gasteiger charge is -2.16. The number of hydrogen-bond donors (Lipinski definition) is 2. The number of ketones is 1. The van der Waals surface area contributed by atoms with Crippen LogP contribution in [0.4, 0.5) is 5.82 Å². The molecule has 0 atom stereocenters. The Morgan fingerprint density at radius 1 is 1.59 bits per heavy atom. The minimum atomic E-state index is -0.510. The third-order valence-corrected chi connectivity index (χ3v) is 2.41. The highest BCUT2D eigenvalue weighted by Gasteiger charge is 2.14. The van der Waals surface area contributed by atoms with E-state index in [0.29, 0.717) is 17.1 Å². The fourth-order valence-electron chi connectivity index (χ4n) is 1.33. The van der Waals surface area contributed by atoms with E-state index >= 15 is 0 Å². The van der Waals surface area contributed by atoms with Gasteiger partial charge in [-0.3, -0.25) is 4.79 Å². The summed E-state index contributed by atoms with van der Waals surface area (Å²) < 4.78 is 0. The predicted molar refractivity (Wildman–Crippen MR) is 65.7 cm³/mol. The number of Topliss-reactive ketones (excluding diaryl/α,β-unsaturated/α-hetero) is 1. The molecule has 0 saturated carbocycles. The van der Waals surface area contributed by atoms with Crippen molar-refractivity contribution in [2.75, 3.05) is 18.5 Å². The number of anilines is 1. The lowest BCUT2D eigenvalue weighted by molar-refractivity contribution is 0.106. The van der Waals surface area contributed by atoms with Crippen LogP contribution < -0.4 is 10.6 Å². The van der Waals surface area contributed by atoms with Gasteiger partial charge in [0.05, 0.1) is 0 Å². The third kappa shape index (κ3) is 2.93. The molecule has 0 spiro atoms. The van der Waals surface area contributed by atoms with Gasteiger partial charge in [-0.25, -0.2) is 4.98 Å². The average molecular weight is 236 g/mol. The molecule has 6 heteroatoms. The number of rotatable bonds is 4. The van der Waals surface area contributed by atoms with Crippen LogP contribution in [0.2, 0.25) is 0 Å². The van der Waals surface area contributed by atoms with Gasteiger partial charge in [0, 0.05) is 24.8 Å². The maximum atomic E-state index is 11.7. The van der Waals surface area contributed by atoms with E-state index in [2.05, 4.69) is 10.1 Å². The van der Waals surface area contributed by atoms with E-state index in [0.717, 1.165) is 6.54 Å². The van der Waals surface area contributed by atoms with Gasteiger partial charge in [-0.1, -0.05) is 5.16 Å². The molecule has 0 aliphatic rings. The van der Waals surface area contributed by atoms with E-state index in [1.54, 1.807) is 19.1 Å². The summed E-state index contributed by atoms with van der Waals surface area (Å²) in [6.07, 6.45) is 0. The Labute approximate surface area is 99.7 Å². The molecule has 0 amide bonds. The Kier molecular flexibility index (Phi) is 4.03. The van der Waals surface area contributed by atoms with Crippen molar-refractivity contribution < 1.29 is 10.0 Å². The monoisotopic (exact) mass is 236 g/mol. The lowest BCUT2D eigenvalue weighted by Crippen LogP contribution is -2.25. The lowest BCUT2D eigenvalue weighted by atomic mass is 10.1. The maximum Gasteiger partial charge on any atom is 0.231 e. The SMILES string of the molecule is CCN(C)c1cc(C(=O)/C(N)=N/O)cc(C)n1. The van der Waals surface area contributed by atoms with Crippen molar-refractivity contribution in [1.82, 2.24) is 4.98 Å². The summed E-state index contributed by atoms with van der Waals surface area (Å²) in [7, 11) is 1.87. The molecule has 0 radical (unpaired) electrons. The second kappa shape index (κ2) is 5.29. The van der Waals surface area contributed by atoms with Crippen molar-refractivity contribution in [3.63, 3.8) is 0 Å². The highest BCUT2D eigenvalue weighted by atomic mass is 16.4. The van der Waals surface area contributed by atoms with Crippen LogP contribution in [-0.2, 0) is 0 Å². The van der Waals surface area contributed by atoms with Crippen molar-refractivity contribution in [2.24, 2.45) is 10.9 Å². The fourth-order valence-corrected chi connectivity index (χ4v) is 1.33. The van der Waals surface area contributed by atoms with Crippen molar-refractivity contribution in [3.05, 3.63) is 23.4 Å². The molecule has 1 aromatic rings. The molecule has 3 N–H and O–H groups in total. The van der Waals surface area contributed by atoms with E-state index in [4.69, 9.17) is 10.9 Å². The molecule has 1 aromatic heterocycles. The number of nitrogens with two attached hydrogens (primary N) is 1. The molecule has 0 unspecified atom stereocenters. The number of aryl methyl sites for hydroxylation is 1. The molecule has 1 rings (SSSR count). The number of carbonyl (C=O) groups is 1. The summed E-state index contributed by atoms with van der Waals surface area (Å²) in [5.41, 5.74) is 6.34. The zero-order valence-corrected chi connectivity index (χ0v) is 10.1. The van der Waals surface area contributed by atoms with Gasteiger partial charge in [0.15, 0.2) is 0 Å². The Morgan fingerprint density at radius 2 is 2.24 bits per heavy atom. The Balaban J connectivity index is 3.18. The van der Waals surface area contributed by atoms with Crippen LogP contribution in [0.15, 0.2) is 17.3 Å². The first-order chi connectivity index (χ1) is 7.99. The van der Waals surface area contributed by atoms with Crippen LogP contribution in [0.5, 0.6) is 0 Å². The highest BCUT2D eigenvalue weighted by Crippen LogP contribution is 2.14. The van der Waals surface area contributed by atoms with Crippen LogP contribution in [0, 0.1) is 6.92 Å². The van der Waals surface area contributed by atoms with Gasteiger partial charge in [0.25, 0.3) is 0 Å². The topological polar surface area (TPSA) is 91.8 Å². The number of oxime groups is 1. The van der Waals surface area contributed by atoms with Crippen molar-refractivity contribution >= 4 is 17.4 Å². The largest absolute Gasteiger partial charge is 0.409 e. The Hall–Kier alpha value is -2.11. The van der Waals surface area contributed by atoms with Gasteiger partial charge in [-0.15, -0.1) is 0 Å². The molecule has 0 saturated heterocycles. The second-order valence-electron chi connectivity index (χ2n) is 3.68. The molecule has 0 aromatic carbocycles. The van der Waals surface area contributed by atoms with Crippen LogP contribution in [0.3, 0.4) is 0 Å². The van der Waals surface area contributed by atoms with E-state index in [1.807, 2.05) is 18.9 Å². The number of amidine groups is 1. The van der Waals surface area contributed by atoms with Gasteiger partial charge >= 0.3 is 0 Å². The van der Waals surface area contributed by atoms with Crippen LogP contribution >= 0.6 is 0 Å². The van der Waals surface area contributed by atoms with Gasteiger partial charge < -0.3 is 15.8 Å². The molecule has 0 bridgehead atoms. The number of pyridine rings is 1. The molecule has 6 nitrogen and oxygen atoms in total. The van der Waals surface area contributed by atoms with Crippen LogP contribution in [0.25, 0.3) is 0 Å². The zero-order valence-electron chi connectivity index (χ0n) is 10.1. The quantitative estimate of drug-likeness (QED) is 0.265. The Morgan fingerprint density at radius 3 is 2.76 bits per heavy atom. The smallest absolute Gasteiger partial charge is 0.231 e. The molecular weight excluding hydrogens is 220 g/mol. The van der Waals surface area contributed by atoms with E-state index in [1.165, 1.54) is 0 Å². The van der Waals surface area contributed by atoms with E-state index in [-0.39, 0.29) is 0 Å².